The number of fused-ring (bicyclic) bond motifs is 1. The molecule has 126 valence electrons. The second-order valence-electron chi connectivity index (χ2n) is 5.31. The zero-order valence-electron chi connectivity index (χ0n) is 13.4. The first-order valence-corrected chi connectivity index (χ1v) is 8.39. The number of hydrogen-bond acceptors (Lipinski definition) is 9. The Morgan fingerprint density at radius 2 is 2.00 bits per heavy atom. The lowest BCUT2D eigenvalue weighted by molar-refractivity contribution is 0.517. The van der Waals surface area contributed by atoms with Crippen molar-refractivity contribution < 1.29 is 4.42 Å². The van der Waals surface area contributed by atoms with Crippen LogP contribution < -0.4 is 16.4 Å². The van der Waals surface area contributed by atoms with Crippen molar-refractivity contribution in [1.29, 1.82) is 0 Å². The fourth-order valence-corrected chi connectivity index (χ4v) is 3.22. The number of nitrogen functional groups attached to an aromatic ring is 1. The van der Waals surface area contributed by atoms with E-state index in [9.17, 15) is 0 Å². The van der Waals surface area contributed by atoms with Gasteiger partial charge in [0.1, 0.15) is 5.76 Å². The van der Waals surface area contributed by atoms with E-state index in [0.717, 1.165) is 26.7 Å². The van der Waals surface area contributed by atoms with Crippen molar-refractivity contribution in [3.05, 3.63) is 47.4 Å². The first-order chi connectivity index (χ1) is 12.2. The zero-order valence-corrected chi connectivity index (χ0v) is 14.2. The van der Waals surface area contributed by atoms with Gasteiger partial charge in [0.15, 0.2) is 0 Å². The van der Waals surface area contributed by atoms with Crippen LogP contribution in [0, 0.1) is 6.92 Å². The molecule has 0 aliphatic heterocycles. The Bertz CT molecular complexity index is 1010. The van der Waals surface area contributed by atoms with Crippen LogP contribution in [0.5, 0.6) is 0 Å². The Balaban J connectivity index is 1.54. The van der Waals surface area contributed by atoms with E-state index in [1.807, 2.05) is 37.3 Å². The molecule has 3 aromatic heterocycles. The van der Waals surface area contributed by atoms with Gasteiger partial charge in [0.25, 0.3) is 0 Å². The molecule has 9 heteroatoms. The molecule has 0 bridgehead atoms. The van der Waals surface area contributed by atoms with Gasteiger partial charge < -0.3 is 20.8 Å². The van der Waals surface area contributed by atoms with Crippen LogP contribution in [0.3, 0.4) is 0 Å². The molecule has 8 nitrogen and oxygen atoms in total. The van der Waals surface area contributed by atoms with Crippen molar-refractivity contribution in [2.75, 3.05) is 16.4 Å². The van der Waals surface area contributed by atoms with Gasteiger partial charge in [-0.2, -0.15) is 15.0 Å². The molecule has 0 spiro atoms. The fraction of sp³-hybridized carbons (Fsp3) is 0.125. The van der Waals surface area contributed by atoms with E-state index in [1.54, 1.807) is 17.6 Å². The van der Waals surface area contributed by atoms with Gasteiger partial charge >= 0.3 is 0 Å². The van der Waals surface area contributed by atoms with Crippen LogP contribution in [-0.2, 0) is 6.54 Å². The monoisotopic (exact) mass is 353 g/mol. The van der Waals surface area contributed by atoms with Crippen LogP contribution in [0.2, 0.25) is 0 Å². The lowest BCUT2D eigenvalue weighted by Crippen LogP contribution is -2.09. The molecule has 25 heavy (non-hydrogen) atoms. The summed E-state index contributed by atoms with van der Waals surface area (Å²) < 4.78 is 6.37. The molecule has 1 aromatic carbocycles. The van der Waals surface area contributed by atoms with Crippen LogP contribution in [-0.4, -0.2) is 19.9 Å². The van der Waals surface area contributed by atoms with E-state index in [2.05, 4.69) is 30.6 Å². The number of anilines is 4. The molecule has 3 heterocycles. The second-order valence-corrected chi connectivity index (χ2v) is 6.55. The third kappa shape index (κ3) is 3.50. The van der Waals surface area contributed by atoms with Crippen molar-refractivity contribution >= 4 is 45.1 Å². The second kappa shape index (κ2) is 6.36. The molecule has 0 aliphatic carbocycles. The zero-order chi connectivity index (χ0) is 17.2. The van der Waals surface area contributed by atoms with E-state index >= 15 is 0 Å². The summed E-state index contributed by atoms with van der Waals surface area (Å²) in [6.07, 6.45) is 1.61. The number of nitrogens with one attached hydrogen (secondary N) is 2. The SMILES string of the molecule is Cc1nc2ccc(Nc3nc(N)nc(NCc4ccco4)n3)cc2s1. The van der Waals surface area contributed by atoms with Gasteiger partial charge in [-0.1, -0.05) is 0 Å². The average Bonchev–Trinajstić information content (AvgIpc) is 3.20. The van der Waals surface area contributed by atoms with Crippen molar-refractivity contribution in [2.45, 2.75) is 13.5 Å². The molecule has 0 aliphatic rings. The number of hydrogen-bond donors (Lipinski definition) is 3. The number of thiazole rings is 1. The quantitative estimate of drug-likeness (QED) is 0.500. The van der Waals surface area contributed by atoms with Gasteiger partial charge in [0.2, 0.25) is 17.8 Å². The molecule has 0 amide bonds. The first-order valence-electron chi connectivity index (χ1n) is 7.58. The molecule has 0 unspecified atom stereocenters. The summed E-state index contributed by atoms with van der Waals surface area (Å²) in [5.41, 5.74) is 7.62. The molecule has 0 saturated heterocycles. The Labute approximate surface area is 147 Å². The summed E-state index contributed by atoms with van der Waals surface area (Å²) in [4.78, 5) is 17.0. The molecule has 4 rings (SSSR count). The summed E-state index contributed by atoms with van der Waals surface area (Å²) in [5.74, 6) is 1.66. The van der Waals surface area contributed by atoms with Crippen LogP contribution in [0.4, 0.5) is 23.5 Å². The Hall–Kier alpha value is -3.20. The highest BCUT2D eigenvalue weighted by molar-refractivity contribution is 7.18. The number of benzene rings is 1. The van der Waals surface area contributed by atoms with Crippen LogP contribution >= 0.6 is 11.3 Å². The maximum absolute atomic E-state index is 5.78. The lowest BCUT2D eigenvalue weighted by atomic mass is 10.3. The molecule has 0 saturated carbocycles. The van der Waals surface area contributed by atoms with E-state index in [1.165, 1.54) is 0 Å². The predicted molar refractivity (Wildman–Crippen MR) is 97.9 cm³/mol. The lowest BCUT2D eigenvalue weighted by Gasteiger charge is -2.08. The molecule has 4 aromatic rings. The highest BCUT2D eigenvalue weighted by atomic mass is 32.1. The minimum absolute atomic E-state index is 0.133. The number of aryl methyl sites for hydroxylation is 1. The predicted octanol–water partition coefficient (Wildman–Crippen LogP) is 3.32. The van der Waals surface area contributed by atoms with Gasteiger partial charge in [-0.25, -0.2) is 4.98 Å². The smallest absolute Gasteiger partial charge is 0.233 e. The normalized spacial score (nSPS) is 10.9. The maximum atomic E-state index is 5.78. The third-order valence-corrected chi connectivity index (χ3v) is 4.34. The number of rotatable bonds is 5. The molecule has 0 fully saturated rings. The van der Waals surface area contributed by atoms with Crippen LogP contribution in [0.25, 0.3) is 10.2 Å². The van der Waals surface area contributed by atoms with Crippen molar-refractivity contribution in [3.63, 3.8) is 0 Å². The highest BCUT2D eigenvalue weighted by Crippen LogP contribution is 2.26. The molecule has 4 N–H and O–H groups in total. The van der Waals surface area contributed by atoms with Gasteiger partial charge in [-0.05, 0) is 37.3 Å². The minimum Gasteiger partial charge on any atom is -0.467 e. The summed E-state index contributed by atoms with van der Waals surface area (Å²) in [7, 11) is 0. The van der Waals surface area contributed by atoms with E-state index in [4.69, 9.17) is 10.2 Å². The summed E-state index contributed by atoms with van der Waals surface area (Å²) in [5, 5.41) is 7.24. The van der Waals surface area contributed by atoms with Gasteiger partial charge in [-0.3, -0.25) is 0 Å². The molecular formula is C16H15N7OS. The third-order valence-electron chi connectivity index (χ3n) is 3.41. The maximum Gasteiger partial charge on any atom is 0.233 e. The minimum atomic E-state index is 0.133. The largest absolute Gasteiger partial charge is 0.467 e. The topological polar surface area (TPSA) is 115 Å². The standard InChI is InChI=1S/C16H15N7OS/c1-9-19-12-5-4-10(7-13(12)25-9)20-16-22-14(17)21-15(23-16)18-8-11-3-2-6-24-11/h2-7H,8H2,1H3,(H4,17,18,20,21,22,23). The van der Waals surface area contributed by atoms with Crippen molar-refractivity contribution in [3.8, 4) is 0 Å². The van der Waals surface area contributed by atoms with E-state index in [0.29, 0.717) is 18.4 Å². The fourth-order valence-electron chi connectivity index (χ4n) is 2.35. The molecule has 0 atom stereocenters. The number of nitrogens with two attached hydrogens (primary N) is 1. The van der Waals surface area contributed by atoms with Gasteiger partial charge in [0, 0.05) is 5.69 Å². The molecule has 0 radical (unpaired) electrons. The van der Waals surface area contributed by atoms with E-state index in [-0.39, 0.29) is 5.95 Å². The Kier molecular flexibility index (Phi) is 3.90. The van der Waals surface area contributed by atoms with Crippen molar-refractivity contribution in [1.82, 2.24) is 19.9 Å². The van der Waals surface area contributed by atoms with Crippen LogP contribution in [0.1, 0.15) is 10.8 Å². The number of furan rings is 1. The van der Waals surface area contributed by atoms with E-state index < -0.39 is 0 Å². The van der Waals surface area contributed by atoms with Gasteiger partial charge in [0.05, 0.1) is 28.0 Å². The van der Waals surface area contributed by atoms with Gasteiger partial charge in [-0.15, -0.1) is 11.3 Å². The first kappa shape index (κ1) is 15.3. The number of nitrogens with zero attached hydrogens (tertiary/aromatic N) is 4. The van der Waals surface area contributed by atoms with Crippen molar-refractivity contribution in [2.24, 2.45) is 0 Å². The number of aromatic nitrogens is 4. The Morgan fingerprint density at radius 3 is 2.84 bits per heavy atom. The van der Waals surface area contributed by atoms with Crippen LogP contribution in [0.15, 0.2) is 41.0 Å². The average molecular weight is 353 g/mol. The highest BCUT2D eigenvalue weighted by Gasteiger charge is 2.07. The molecular weight excluding hydrogens is 338 g/mol. The summed E-state index contributed by atoms with van der Waals surface area (Å²) >= 11 is 1.64. The Morgan fingerprint density at radius 1 is 1.12 bits per heavy atom. The summed E-state index contributed by atoms with van der Waals surface area (Å²) in [6, 6.07) is 9.58. The summed E-state index contributed by atoms with van der Waals surface area (Å²) in [6.45, 7) is 2.45.